The molecule has 78 valence electrons. The summed E-state index contributed by atoms with van der Waals surface area (Å²) in [5.74, 6) is 0. The molecule has 1 heterocycles. The molecule has 0 saturated heterocycles. The van der Waals surface area contributed by atoms with Gasteiger partial charge in [0.1, 0.15) is 0 Å². The fraction of sp³-hybridized carbons (Fsp3) is 0.100. The third kappa shape index (κ3) is 1.87. The fourth-order valence-corrected chi connectivity index (χ4v) is 1.92. The average Bonchev–Trinajstić information content (AvgIpc) is 2.66. The molecule has 0 bridgehead atoms. The molecule has 1 aromatic carbocycles. The minimum atomic E-state index is 0.577. The Hall–Kier alpha value is -1.75. The zero-order valence-electron chi connectivity index (χ0n) is 8.32. The Labute approximate surface area is 91.9 Å². The zero-order valence-corrected chi connectivity index (χ0v) is 9.14. The van der Waals surface area contributed by atoms with E-state index in [1.54, 1.807) is 0 Å². The summed E-state index contributed by atoms with van der Waals surface area (Å²) in [4.78, 5) is 4.21. The van der Waals surface area contributed by atoms with Gasteiger partial charge in [-0.3, -0.25) is 0 Å². The van der Waals surface area contributed by atoms with Gasteiger partial charge in [0, 0.05) is 18.0 Å². The first kappa shape index (κ1) is 9.79. The van der Waals surface area contributed by atoms with E-state index in [2.05, 4.69) is 10.3 Å². The number of nitrogen functional groups attached to an aromatic ring is 2. The second-order valence-electron chi connectivity index (χ2n) is 3.12. The summed E-state index contributed by atoms with van der Waals surface area (Å²) < 4.78 is 0. The molecule has 2 rings (SSSR count). The number of hydrogen-bond acceptors (Lipinski definition) is 5. The van der Waals surface area contributed by atoms with Gasteiger partial charge >= 0.3 is 0 Å². The molecule has 0 aliphatic carbocycles. The lowest BCUT2D eigenvalue weighted by molar-refractivity contribution is 1.41. The summed E-state index contributed by atoms with van der Waals surface area (Å²) in [5.41, 5.74) is 14.9. The maximum absolute atomic E-state index is 5.78. The van der Waals surface area contributed by atoms with Gasteiger partial charge in [-0.15, -0.1) is 11.3 Å². The first-order valence-electron chi connectivity index (χ1n) is 4.49. The van der Waals surface area contributed by atoms with Gasteiger partial charge in [-0.2, -0.15) is 0 Å². The van der Waals surface area contributed by atoms with Gasteiger partial charge in [0.15, 0.2) is 5.13 Å². The lowest BCUT2D eigenvalue weighted by Crippen LogP contribution is -1.95. The Balaban J connectivity index is 2.45. The van der Waals surface area contributed by atoms with Crippen LogP contribution in [0, 0.1) is 0 Å². The van der Waals surface area contributed by atoms with E-state index in [-0.39, 0.29) is 0 Å². The van der Waals surface area contributed by atoms with Crippen LogP contribution in [-0.2, 0) is 0 Å². The number of nitrogens with one attached hydrogen (secondary N) is 1. The second-order valence-corrected chi connectivity index (χ2v) is 4.01. The van der Waals surface area contributed by atoms with Crippen LogP contribution in [0.3, 0.4) is 0 Å². The summed E-state index contributed by atoms with van der Waals surface area (Å²) in [6, 6.07) is 5.76. The largest absolute Gasteiger partial charge is 0.397 e. The molecule has 5 N–H and O–H groups in total. The quantitative estimate of drug-likeness (QED) is 0.677. The Bertz CT molecular complexity index is 478. The molecule has 0 fully saturated rings. The van der Waals surface area contributed by atoms with Gasteiger partial charge in [0.05, 0.1) is 17.1 Å². The molecular weight excluding hydrogens is 208 g/mol. The van der Waals surface area contributed by atoms with Crippen molar-refractivity contribution in [3.63, 3.8) is 0 Å². The molecule has 0 amide bonds. The second kappa shape index (κ2) is 3.78. The molecule has 4 nitrogen and oxygen atoms in total. The van der Waals surface area contributed by atoms with Crippen molar-refractivity contribution in [1.82, 2.24) is 4.98 Å². The molecule has 0 aliphatic rings. The summed E-state index contributed by atoms with van der Waals surface area (Å²) in [6.07, 6.45) is 0. The smallest absolute Gasteiger partial charge is 0.180 e. The molecule has 1 aromatic heterocycles. The van der Waals surface area contributed by atoms with Crippen LogP contribution >= 0.6 is 11.3 Å². The highest BCUT2D eigenvalue weighted by Gasteiger charge is 2.04. The van der Waals surface area contributed by atoms with E-state index >= 15 is 0 Å². The van der Waals surface area contributed by atoms with E-state index in [0.717, 1.165) is 22.6 Å². The number of aromatic nitrogens is 1. The molecule has 0 saturated carbocycles. The van der Waals surface area contributed by atoms with Gasteiger partial charge in [-0.25, -0.2) is 4.98 Å². The monoisotopic (exact) mass is 220 g/mol. The summed E-state index contributed by atoms with van der Waals surface area (Å²) >= 11 is 1.43. The first-order valence-corrected chi connectivity index (χ1v) is 5.37. The van der Waals surface area contributed by atoms with E-state index < -0.39 is 0 Å². The van der Waals surface area contributed by atoms with Crippen LogP contribution in [0.25, 0.3) is 11.3 Å². The van der Waals surface area contributed by atoms with Gasteiger partial charge in [0.25, 0.3) is 0 Å². The van der Waals surface area contributed by atoms with Crippen molar-refractivity contribution < 1.29 is 0 Å². The minimum absolute atomic E-state index is 0.577. The van der Waals surface area contributed by atoms with Crippen LogP contribution in [0.1, 0.15) is 0 Å². The van der Waals surface area contributed by atoms with Crippen LogP contribution in [0.2, 0.25) is 0 Å². The maximum Gasteiger partial charge on any atom is 0.180 e. The van der Waals surface area contributed by atoms with E-state index in [1.165, 1.54) is 11.3 Å². The maximum atomic E-state index is 5.78. The Morgan fingerprint density at radius 2 is 2.13 bits per heavy atom. The molecule has 15 heavy (non-hydrogen) atoms. The van der Waals surface area contributed by atoms with Crippen molar-refractivity contribution in [2.75, 3.05) is 23.8 Å². The summed E-state index contributed by atoms with van der Waals surface area (Å²) in [6.45, 7) is 0. The topological polar surface area (TPSA) is 77.0 Å². The number of nitrogens with zero attached hydrogens (tertiary/aromatic N) is 1. The number of hydrogen-bond donors (Lipinski definition) is 3. The third-order valence-corrected chi connectivity index (χ3v) is 2.81. The predicted octanol–water partition coefficient (Wildman–Crippen LogP) is 2.02. The lowest BCUT2D eigenvalue weighted by Gasteiger charge is -2.06. The van der Waals surface area contributed by atoms with Crippen molar-refractivity contribution in [1.29, 1.82) is 0 Å². The Morgan fingerprint density at radius 3 is 2.73 bits per heavy atom. The van der Waals surface area contributed by atoms with Crippen LogP contribution < -0.4 is 16.8 Å². The molecule has 0 unspecified atom stereocenters. The van der Waals surface area contributed by atoms with E-state index in [9.17, 15) is 0 Å². The molecule has 0 atom stereocenters. The van der Waals surface area contributed by atoms with Crippen LogP contribution in [0.4, 0.5) is 16.5 Å². The van der Waals surface area contributed by atoms with Gasteiger partial charge < -0.3 is 16.8 Å². The highest BCUT2D eigenvalue weighted by Crippen LogP contribution is 2.28. The summed E-state index contributed by atoms with van der Waals surface area (Å²) in [7, 11) is 1.84. The van der Waals surface area contributed by atoms with Crippen molar-refractivity contribution in [2.45, 2.75) is 0 Å². The third-order valence-electron chi connectivity index (χ3n) is 2.14. The zero-order chi connectivity index (χ0) is 10.8. The Kier molecular flexibility index (Phi) is 2.47. The molecule has 0 spiro atoms. The minimum Gasteiger partial charge on any atom is -0.397 e. The Morgan fingerprint density at radius 1 is 1.33 bits per heavy atom. The van der Waals surface area contributed by atoms with E-state index in [4.69, 9.17) is 11.5 Å². The normalized spacial score (nSPS) is 10.2. The van der Waals surface area contributed by atoms with Gasteiger partial charge in [-0.05, 0) is 12.1 Å². The number of anilines is 3. The van der Waals surface area contributed by atoms with Crippen molar-refractivity contribution in [2.24, 2.45) is 0 Å². The number of nitrogens with two attached hydrogens (primary N) is 2. The lowest BCUT2D eigenvalue weighted by atomic mass is 10.1. The predicted molar refractivity (Wildman–Crippen MR) is 65.9 cm³/mol. The molecule has 2 aromatic rings. The van der Waals surface area contributed by atoms with Crippen molar-refractivity contribution in [3.8, 4) is 11.3 Å². The SMILES string of the molecule is CNc1cc(-c2csc(N)n2)ccc1N. The average molecular weight is 220 g/mol. The molecule has 5 heteroatoms. The van der Waals surface area contributed by atoms with Crippen molar-refractivity contribution in [3.05, 3.63) is 23.6 Å². The number of rotatable bonds is 2. The van der Waals surface area contributed by atoms with E-state index in [1.807, 2.05) is 30.6 Å². The molecule has 0 radical (unpaired) electrons. The highest BCUT2D eigenvalue weighted by atomic mass is 32.1. The van der Waals surface area contributed by atoms with Crippen LogP contribution in [0.5, 0.6) is 0 Å². The first-order chi connectivity index (χ1) is 7.20. The van der Waals surface area contributed by atoms with Crippen molar-refractivity contribution >= 4 is 27.8 Å². The number of thiazole rings is 1. The fourth-order valence-electron chi connectivity index (χ4n) is 1.35. The number of benzene rings is 1. The van der Waals surface area contributed by atoms with Gasteiger partial charge in [0.2, 0.25) is 0 Å². The van der Waals surface area contributed by atoms with Crippen LogP contribution in [0.15, 0.2) is 23.6 Å². The highest BCUT2D eigenvalue weighted by molar-refractivity contribution is 7.13. The van der Waals surface area contributed by atoms with E-state index in [0.29, 0.717) is 5.13 Å². The van der Waals surface area contributed by atoms with Gasteiger partial charge in [-0.1, -0.05) is 6.07 Å². The molecule has 0 aliphatic heterocycles. The summed E-state index contributed by atoms with van der Waals surface area (Å²) in [5, 5.41) is 5.54. The standard InChI is InChI=1S/C10H12N4S/c1-13-8-4-6(2-3-7(8)11)9-5-15-10(12)14-9/h2-5,13H,11H2,1H3,(H2,12,14). The van der Waals surface area contributed by atoms with Crippen LogP contribution in [-0.4, -0.2) is 12.0 Å². The molecular formula is C10H12N4S.